The van der Waals surface area contributed by atoms with E-state index in [0.29, 0.717) is 11.3 Å². The Morgan fingerprint density at radius 1 is 1.22 bits per heavy atom. The van der Waals surface area contributed by atoms with Crippen molar-refractivity contribution in [1.82, 2.24) is 9.88 Å². The highest BCUT2D eigenvalue weighted by molar-refractivity contribution is 7.89. The van der Waals surface area contributed by atoms with Crippen LogP contribution in [0.15, 0.2) is 33.7 Å². The molecule has 1 heterocycles. The molecular weight excluding hydrogens is 318 g/mol. The summed E-state index contributed by atoms with van der Waals surface area (Å²) >= 11 is 0. The van der Waals surface area contributed by atoms with E-state index in [1.807, 2.05) is 13.0 Å². The fraction of sp³-hybridized carbons (Fsp3) is 0.333. The monoisotopic (exact) mass is 337 g/mol. The van der Waals surface area contributed by atoms with E-state index >= 15 is 0 Å². The molecule has 0 unspecified atom stereocenters. The summed E-state index contributed by atoms with van der Waals surface area (Å²) in [6, 6.07) is 5.72. The molecule has 2 aromatic rings. The third-order valence-corrected chi connectivity index (χ3v) is 4.92. The van der Waals surface area contributed by atoms with Crippen molar-refractivity contribution >= 4 is 21.7 Å². The molecule has 1 atom stereocenters. The highest BCUT2D eigenvalue weighted by Crippen LogP contribution is 2.17. The van der Waals surface area contributed by atoms with Gasteiger partial charge in [-0.05, 0) is 44.9 Å². The third-order valence-electron chi connectivity index (χ3n) is 3.24. The van der Waals surface area contributed by atoms with Gasteiger partial charge in [0, 0.05) is 6.07 Å². The van der Waals surface area contributed by atoms with Gasteiger partial charge in [-0.1, -0.05) is 17.3 Å². The Morgan fingerprint density at radius 3 is 2.52 bits per heavy atom. The van der Waals surface area contributed by atoms with Crippen molar-refractivity contribution in [3.8, 4) is 0 Å². The first kappa shape index (κ1) is 17.2. The van der Waals surface area contributed by atoms with Gasteiger partial charge in [0.05, 0.1) is 10.9 Å². The van der Waals surface area contributed by atoms with Crippen molar-refractivity contribution in [2.45, 2.75) is 38.6 Å². The van der Waals surface area contributed by atoms with Gasteiger partial charge in [-0.2, -0.15) is 4.72 Å². The minimum Gasteiger partial charge on any atom is -0.360 e. The average molecular weight is 337 g/mol. The van der Waals surface area contributed by atoms with Crippen molar-refractivity contribution < 1.29 is 17.7 Å². The Morgan fingerprint density at radius 2 is 1.91 bits per heavy atom. The number of nitrogens with zero attached hydrogens (tertiary/aromatic N) is 1. The number of hydrogen-bond acceptors (Lipinski definition) is 5. The number of anilines is 1. The summed E-state index contributed by atoms with van der Waals surface area (Å²) < 4.78 is 32.1. The zero-order chi connectivity index (χ0) is 17.2. The van der Waals surface area contributed by atoms with Crippen molar-refractivity contribution in [2.75, 3.05) is 5.32 Å². The zero-order valence-electron chi connectivity index (χ0n) is 13.4. The van der Waals surface area contributed by atoms with Crippen LogP contribution in [0, 0.1) is 20.8 Å². The van der Waals surface area contributed by atoms with Crippen LogP contribution in [0.3, 0.4) is 0 Å². The summed E-state index contributed by atoms with van der Waals surface area (Å²) in [6.45, 7) is 6.67. The van der Waals surface area contributed by atoms with Crippen molar-refractivity contribution in [3.63, 3.8) is 0 Å². The van der Waals surface area contributed by atoms with Gasteiger partial charge in [0.25, 0.3) is 0 Å². The second-order valence-corrected chi connectivity index (χ2v) is 7.11. The molecule has 1 aromatic heterocycles. The van der Waals surface area contributed by atoms with Gasteiger partial charge in [0.1, 0.15) is 5.76 Å². The Hall–Kier alpha value is -2.19. The molecule has 0 radical (unpaired) electrons. The zero-order valence-corrected chi connectivity index (χ0v) is 14.2. The van der Waals surface area contributed by atoms with Crippen LogP contribution >= 0.6 is 0 Å². The van der Waals surface area contributed by atoms with E-state index in [4.69, 9.17) is 4.52 Å². The molecular formula is C15H19N3O4S. The minimum absolute atomic E-state index is 0.162. The second kappa shape index (κ2) is 6.51. The predicted octanol–water partition coefficient (Wildman–Crippen LogP) is 1.91. The summed E-state index contributed by atoms with van der Waals surface area (Å²) in [5.41, 5.74) is 1.44. The summed E-state index contributed by atoms with van der Waals surface area (Å²) in [5, 5.41) is 6.13. The van der Waals surface area contributed by atoms with E-state index in [0.717, 1.165) is 5.56 Å². The van der Waals surface area contributed by atoms with Crippen molar-refractivity contribution in [1.29, 1.82) is 0 Å². The number of nitrogens with one attached hydrogen (secondary N) is 2. The molecule has 0 bridgehead atoms. The molecule has 0 saturated carbocycles. The van der Waals surface area contributed by atoms with Gasteiger partial charge >= 0.3 is 0 Å². The van der Waals surface area contributed by atoms with Crippen LogP contribution in [0.25, 0.3) is 0 Å². The number of benzene rings is 1. The first-order chi connectivity index (χ1) is 10.7. The van der Waals surface area contributed by atoms with Crippen LogP contribution in [0.2, 0.25) is 0 Å². The van der Waals surface area contributed by atoms with Crippen LogP contribution in [0.5, 0.6) is 0 Å². The smallest absolute Gasteiger partial charge is 0.243 e. The topological polar surface area (TPSA) is 101 Å². The normalized spacial score (nSPS) is 12.9. The molecule has 2 rings (SSSR count). The number of amides is 1. The quantitative estimate of drug-likeness (QED) is 0.868. The Bertz CT molecular complexity index is 827. The first-order valence-corrected chi connectivity index (χ1v) is 8.51. The molecule has 124 valence electrons. The molecule has 0 fully saturated rings. The summed E-state index contributed by atoms with van der Waals surface area (Å²) in [6.07, 6.45) is 0. The number of hydrogen-bond donors (Lipinski definition) is 2. The molecule has 0 saturated heterocycles. The number of aromatic nitrogens is 1. The number of carbonyl (C=O) groups is 1. The first-order valence-electron chi connectivity index (χ1n) is 7.03. The molecule has 2 N–H and O–H groups in total. The maximum Gasteiger partial charge on any atom is 0.243 e. The molecule has 0 aliphatic rings. The summed E-state index contributed by atoms with van der Waals surface area (Å²) in [5.74, 6) is 0.265. The lowest BCUT2D eigenvalue weighted by Crippen LogP contribution is -2.41. The van der Waals surface area contributed by atoms with E-state index in [1.54, 1.807) is 32.0 Å². The minimum atomic E-state index is -3.80. The van der Waals surface area contributed by atoms with Crippen molar-refractivity contribution in [2.24, 2.45) is 0 Å². The van der Waals surface area contributed by atoms with Crippen LogP contribution in [-0.4, -0.2) is 25.5 Å². The lowest BCUT2D eigenvalue weighted by Gasteiger charge is -2.15. The van der Waals surface area contributed by atoms with E-state index < -0.39 is 22.0 Å². The van der Waals surface area contributed by atoms with Gasteiger partial charge in [0.15, 0.2) is 5.82 Å². The van der Waals surface area contributed by atoms with Crippen LogP contribution in [-0.2, 0) is 14.8 Å². The standard InChI is InChI=1S/C15H19N3O4S/c1-9-5-6-10(2)13(7-9)23(20,21)18-12(4)15(19)16-14-8-11(3)22-17-14/h5-8,12,18H,1-4H3,(H,16,17,19)/t12-/m0/s1. The van der Waals surface area contributed by atoms with Gasteiger partial charge in [-0.25, -0.2) is 8.42 Å². The Labute approximate surface area is 135 Å². The van der Waals surface area contributed by atoms with E-state index in [1.165, 1.54) is 6.92 Å². The van der Waals surface area contributed by atoms with Crippen LogP contribution in [0.4, 0.5) is 5.82 Å². The molecule has 0 aliphatic heterocycles. The maximum absolute atomic E-state index is 12.5. The number of carbonyl (C=O) groups excluding carboxylic acids is 1. The molecule has 1 aromatic carbocycles. The molecule has 1 amide bonds. The highest BCUT2D eigenvalue weighted by atomic mass is 32.2. The third kappa shape index (κ3) is 4.17. The SMILES string of the molecule is Cc1ccc(C)c(S(=O)(=O)N[C@@H](C)C(=O)Nc2cc(C)on2)c1. The summed E-state index contributed by atoms with van der Waals surface area (Å²) in [7, 11) is -3.80. The number of aryl methyl sites for hydroxylation is 3. The van der Waals surface area contributed by atoms with Crippen molar-refractivity contribution in [3.05, 3.63) is 41.2 Å². The molecule has 7 nitrogen and oxygen atoms in total. The average Bonchev–Trinajstić information content (AvgIpc) is 2.86. The summed E-state index contributed by atoms with van der Waals surface area (Å²) in [4.78, 5) is 12.2. The van der Waals surface area contributed by atoms with E-state index in [-0.39, 0.29) is 10.7 Å². The molecule has 8 heteroatoms. The van der Waals surface area contributed by atoms with Gasteiger partial charge in [-0.15, -0.1) is 0 Å². The number of rotatable bonds is 5. The van der Waals surface area contributed by atoms with E-state index in [2.05, 4.69) is 15.2 Å². The molecule has 0 aliphatic carbocycles. The second-order valence-electron chi connectivity index (χ2n) is 5.42. The Kier molecular flexibility index (Phi) is 4.86. The predicted molar refractivity (Wildman–Crippen MR) is 85.6 cm³/mol. The van der Waals surface area contributed by atoms with Gasteiger partial charge < -0.3 is 9.84 Å². The van der Waals surface area contributed by atoms with E-state index in [9.17, 15) is 13.2 Å². The fourth-order valence-corrected chi connectivity index (χ4v) is 3.54. The van der Waals surface area contributed by atoms with Gasteiger partial charge in [0.2, 0.25) is 15.9 Å². The Balaban J connectivity index is 2.13. The highest BCUT2D eigenvalue weighted by Gasteiger charge is 2.24. The maximum atomic E-state index is 12.5. The molecule has 0 spiro atoms. The van der Waals surface area contributed by atoms with Gasteiger partial charge in [-0.3, -0.25) is 4.79 Å². The lowest BCUT2D eigenvalue weighted by atomic mass is 10.2. The molecule has 23 heavy (non-hydrogen) atoms. The fourth-order valence-electron chi connectivity index (χ4n) is 2.01. The lowest BCUT2D eigenvalue weighted by molar-refractivity contribution is -0.117. The van der Waals surface area contributed by atoms with Crippen LogP contribution in [0.1, 0.15) is 23.8 Å². The largest absolute Gasteiger partial charge is 0.360 e. The number of sulfonamides is 1. The van der Waals surface area contributed by atoms with Crippen LogP contribution < -0.4 is 10.0 Å².